The van der Waals surface area contributed by atoms with Gasteiger partial charge in [0.2, 0.25) is 11.8 Å². The molecule has 2 rings (SSSR count). The summed E-state index contributed by atoms with van der Waals surface area (Å²) in [5, 5.41) is 20.7. The standard InChI is InChI=1S/C13H8ClN3O2/c14-8-3-1-7(2-4-8)11-9(5-15)12(18)17-13(19)10(11)6-16/h1-4,9-11H,(H,17,18,19)/t9-,10+,11?. The first-order valence-electron chi connectivity index (χ1n) is 5.48. The van der Waals surface area contributed by atoms with Gasteiger partial charge in [-0.15, -0.1) is 0 Å². The first kappa shape index (κ1) is 13.1. The Morgan fingerprint density at radius 1 is 1.00 bits per heavy atom. The van der Waals surface area contributed by atoms with Gasteiger partial charge in [0.25, 0.3) is 0 Å². The first-order chi connectivity index (χ1) is 9.08. The molecule has 0 saturated carbocycles. The summed E-state index contributed by atoms with van der Waals surface area (Å²) in [5.74, 6) is -4.24. The summed E-state index contributed by atoms with van der Waals surface area (Å²) in [4.78, 5) is 23.3. The molecule has 1 unspecified atom stereocenters. The van der Waals surface area contributed by atoms with E-state index in [1.807, 2.05) is 17.5 Å². The van der Waals surface area contributed by atoms with Crippen molar-refractivity contribution in [3.05, 3.63) is 34.9 Å². The lowest BCUT2D eigenvalue weighted by atomic mass is 9.74. The Bertz CT molecular complexity index is 580. The molecule has 3 atom stereocenters. The van der Waals surface area contributed by atoms with Gasteiger partial charge in [-0.1, -0.05) is 23.7 Å². The number of piperidine rings is 1. The first-order valence-corrected chi connectivity index (χ1v) is 5.85. The summed E-state index contributed by atoms with van der Waals surface area (Å²) in [7, 11) is 0. The number of hydrogen-bond acceptors (Lipinski definition) is 4. The molecule has 19 heavy (non-hydrogen) atoms. The molecule has 1 aromatic rings. The number of hydrogen-bond donors (Lipinski definition) is 1. The van der Waals surface area contributed by atoms with Crippen LogP contribution in [0.1, 0.15) is 11.5 Å². The second kappa shape index (κ2) is 5.09. The summed E-state index contributed by atoms with van der Waals surface area (Å²) >= 11 is 5.77. The van der Waals surface area contributed by atoms with Crippen LogP contribution in [0.3, 0.4) is 0 Å². The van der Waals surface area contributed by atoms with Crippen LogP contribution in [0, 0.1) is 34.5 Å². The largest absolute Gasteiger partial charge is 0.294 e. The Kier molecular flexibility index (Phi) is 3.50. The number of benzene rings is 1. The van der Waals surface area contributed by atoms with Crippen molar-refractivity contribution in [2.45, 2.75) is 5.92 Å². The van der Waals surface area contributed by atoms with Crippen molar-refractivity contribution in [1.82, 2.24) is 5.32 Å². The Balaban J connectivity index is 2.50. The van der Waals surface area contributed by atoms with Crippen LogP contribution in [0.4, 0.5) is 0 Å². The molecular weight excluding hydrogens is 266 g/mol. The summed E-state index contributed by atoms with van der Waals surface area (Å²) < 4.78 is 0. The molecule has 1 N–H and O–H groups in total. The zero-order valence-electron chi connectivity index (χ0n) is 9.63. The monoisotopic (exact) mass is 273 g/mol. The summed E-state index contributed by atoms with van der Waals surface area (Å²) in [5.41, 5.74) is 0.575. The Hall–Kier alpha value is -2.37. The highest BCUT2D eigenvalue weighted by atomic mass is 35.5. The van der Waals surface area contributed by atoms with E-state index in [1.165, 1.54) is 0 Å². The summed E-state index contributed by atoms with van der Waals surface area (Å²) in [6.45, 7) is 0. The number of imide groups is 1. The van der Waals surface area contributed by atoms with Crippen molar-refractivity contribution in [3.63, 3.8) is 0 Å². The van der Waals surface area contributed by atoms with Gasteiger partial charge in [-0.05, 0) is 17.7 Å². The summed E-state index contributed by atoms with van der Waals surface area (Å²) in [6, 6.07) is 10.1. The van der Waals surface area contributed by atoms with Crippen molar-refractivity contribution in [1.29, 1.82) is 10.5 Å². The number of nitriles is 2. The van der Waals surface area contributed by atoms with Gasteiger partial charge >= 0.3 is 0 Å². The topological polar surface area (TPSA) is 93.8 Å². The van der Waals surface area contributed by atoms with Gasteiger partial charge in [0.15, 0.2) is 0 Å². The number of nitrogens with one attached hydrogen (secondary N) is 1. The average molecular weight is 274 g/mol. The van der Waals surface area contributed by atoms with Crippen LogP contribution in [0.5, 0.6) is 0 Å². The van der Waals surface area contributed by atoms with E-state index in [2.05, 4.69) is 0 Å². The highest BCUT2D eigenvalue weighted by molar-refractivity contribution is 6.30. The quantitative estimate of drug-likeness (QED) is 0.782. The van der Waals surface area contributed by atoms with E-state index in [9.17, 15) is 9.59 Å². The van der Waals surface area contributed by atoms with Crippen molar-refractivity contribution in [3.8, 4) is 12.1 Å². The minimum Gasteiger partial charge on any atom is -0.294 e. The van der Waals surface area contributed by atoms with Gasteiger partial charge in [0.05, 0.1) is 12.1 Å². The minimum atomic E-state index is -1.07. The van der Waals surface area contributed by atoms with Crippen LogP contribution < -0.4 is 5.32 Å². The van der Waals surface area contributed by atoms with Gasteiger partial charge in [-0.25, -0.2) is 0 Å². The van der Waals surface area contributed by atoms with Crippen LogP contribution in [0.2, 0.25) is 5.02 Å². The lowest BCUT2D eigenvalue weighted by molar-refractivity contribution is -0.137. The van der Waals surface area contributed by atoms with E-state index in [1.54, 1.807) is 24.3 Å². The Labute approximate surface area is 114 Å². The molecule has 94 valence electrons. The van der Waals surface area contributed by atoms with Crippen molar-refractivity contribution >= 4 is 23.4 Å². The number of rotatable bonds is 1. The third kappa shape index (κ3) is 2.29. The molecule has 0 radical (unpaired) electrons. The molecule has 0 aliphatic carbocycles. The third-order valence-corrected chi connectivity index (χ3v) is 3.31. The van der Waals surface area contributed by atoms with Crippen LogP contribution in [-0.4, -0.2) is 11.8 Å². The molecule has 5 nitrogen and oxygen atoms in total. The average Bonchev–Trinajstić information content (AvgIpc) is 2.39. The fourth-order valence-corrected chi connectivity index (χ4v) is 2.27. The lowest BCUT2D eigenvalue weighted by Gasteiger charge is -2.29. The molecule has 0 spiro atoms. The lowest BCUT2D eigenvalue weighted by Crippen LogP contribution is -2.49. The van der Waals surface area contributed by atoms with E-state index in [4.69, 9.17) is 22.1 Å². The van der Waals surface area contributed by atoms with Crippen molar-refractivity contribution < 1.29 is 9.59 Å². The highest BCUT2D eigenvalue weighted by Gasteiger charge is 2.45. The normalized spacial score (nSPS) is 26.2. The maximum absolute atomic E-state index is 11.7. The Morgan fingerprint density at radius 2 is 1.47 bits per heavy atom. The number of amides is 2. The SMILES string of the molecule is N#C[C@@H]1C(=O)NC(=O)[C@H](C#N)C1c1ccc(Cl)cc1. The fraction of sp³-hybridized carbons (Fsp3) is 0.231. The molecule has 1 aliphatic rings. The van der Waals surface area contributed by atoms with Crippen molar-refractivity contribution in [2.24, 2.45) is 11.8 Å². The smallest absolute Gasteiger partial charge is 0.244 e. The van der Waals surface area contributed by atoms with Gasteiger partial charge in [-0.3, -0.25) is 14.9 Å². The van der Waals surface area contributed by atoms with Gasteiger partial charge < -0.3 is 0 Å². The van der Waals surface area contributed by atoms with Gasteiger partial charge in [0, 0.05) is 10.9 Å². The maximum atomic E-state index is 11.7. The number of nitrogens with zero attached hydrogens (tertiary/aromatic N) is 2. The zero-order chi connectivity index (χ0) is 14.0. The molecule has 1 fully saturated rings. The van der Waals surface area contributed by atoms with E-state index < -0.39 is 29.6 Å². The van der Waals surface area contributed by atoms with E-state index in [-0.39, 0.29) is 0 Å². The van der Waals surface area contributed by atoms with Gasteiger partial charge in [-0.2, -0.15) is 10.5 Å². The molecule has 1 aliphatic heterocycles. The predicted octanol–water partition coefficient (Wildman–Crippen LogP) is 1.36. The number of carbonyl (C=O) groups is 2. The maximum Gasteiger partial charge on any atom is 0.244 e. The zero-order valence-corrected chi connectivity index (χ0v) is 10.4. The number of carbonyl (C=O) groups excluding carboxylic acids is 2. The van der Waals surface area contributed by atoms with Crippen LogP contribution >= 0.6 is 11.6 Å². The fourth-order valence-electron chi connectivity index (χ4n) is 2.14. The second-order valence-corrected chi connectivity index (χ2v) is 4.58. The van der Waals surface area contributed by atoms with E-state index in [0.29, 0.717) is 10.6 Å². The van der Waals surface area contributed by atoms with Gasteiger partial charge in [0.1, 0.15) is 11.8 Å². The number of halogens is 1. The molecule has 1 saturated heterocycles. The molecule has 0 bridgehead atoms. The molecule has 0 aromatic heterocycles. The van der Waals surface area contributed by atoms with E-state index in [0.717, 1.165) is 0 Å². The molecule has 1 aromatic carbocycles. The molecular formula is C13H8ClN3O2. The predicted molar refractivity (Wildman–Crippen MR) is 65.5 cm³/mol. The van der Waals surface area contributed by atoms with Crippen molar-refractivity contribution in [2.75, 3.05) is 0 Å². The highest BCUT2D eigenvalue weighted by Crippen LogP contribution is 2.35. The molecule has 1 heterocycles. The molecule has 2 amide bonds. The Morgan fingerprint density at radius 3 is 1.89 bits per heavy atom. The summed E-state index contributed by atoms with van der Waals surface area (Å²) in [6.07, 6.45) is 0. The minimum absolute atomic E-state index is 0.498. The molecule has 6 heteroatoms. The van der Waals surface area contributed by atoms with E-state index >= 15 is 0 Å². The third-order valence-electron chi connectivity index (χ3n) is 3.06. The second-order valence-electron chi connectivity index (χ2n) is 4.14. The van der Waals surface area contributed by atoms with Crippen LogP contribution in [-0.2, 0) is 9.59 Å². The van der Waals surface area contributed by atoms with Crippen LogP contribution in [0.15, 0.2) is 24.3 Å². The van der Waals surface area contributed by atoms with Crippen LogP contribution in [0.25, 0.3) is 0 Å².